The molecule has 0 unspecified atom stereocenters. The average Bonchev–Trinajstić information content (AvgIpc) is 2.25. The molecule has 0 spiro atoms. The molecule has 0 bridgehead atoms. The molecule has 15 heavy (non-hydrogen) atoms. The number of hydrogen-bond donors (Lipinski definition) is 1. The van der Waals surface area contributed by atoms with Crippen molar-refractivity contribution in [2.24, 2.45) is 0 Å². The van der Waals surface area contributed by atoms with E-state index in [2.05, 4.69) is 10.3 Å². The van der Waals surface area contributed by atoms with E-state index in [4.69, 9.17) is 27.9 Å². The van der Waals surface area contributed by atoms with Crippen LogP contribution in [0.5, 0.6) is 5.88 Å². The first-order chi connectivity index (χ1) is 7.25. The zero-order valence-corrected chi connectivity index (χ0v) is 9.68. The smallest absolute Gasteiger partial charge is 0.215 e. The highest BCUT2D eigenvalue weighted by atomic mass is 35.5. The molecule has 1 aromatic heterocycles. The van der Waals surface area contributed by atoms with E-state index in [0.29, 0.717) is 16.1 Å². The molecule has 0 aromatic carbocycles. The zero-order chi connectivity index (χ0) is 10.7. The molecule has 0 amide bonds. The Morgan fingerprint density at radius 1 is 1.27 bits per heavy atom. The van der Waals surface area contributed by atoms with Gasteiger partial charge >= 0.3 is 0 Å². The molecule has 0 atom stereocenters. The van der Waals surface area contributed by atoms with Crippen molar-refractivity contribution in [3.8, 4) is 5.88 Å². The first kappa shape index (κ1) is 11.0. The lowest BCUT2D eigenvalue weighted by molar-refractivity contribution is 0.156. The highest BCUT2D eigenvalue weighted by Crippen LogP contribution is 2.23. The number of ether oxygens (including phenoxy) is 1. The van der Waals surface area contributed by atoms with Gasteiger partial charge in [0.05, 0.1) is 5.02 Å². The van der Waals surface area contributed by atoms with Crippen LogP contribution in [0.2, 0.25) is 10.2 Å². The molecule has 5 heteroatoms. The fraction of sp³-hybridized carbons (Fsp3) is 0.500. The van der Waals surface area contributed by atoms with Crippen LogP contribution in [0.4, 0.5) is 0 Å². The Kier molecular flexibility index (Phi) is 3.67. The number of hydrogen-bond acceptors (Lipinski definition) is 3. The molecular formula is C10H12Cl2N2O. The molecule has 0 saturated carbocycles. The summed E-state index contributed by atoms with van der Waals surface area (Å²) in [5.74, 6) is 0.552. The molecule has 1 fully saturated rings. The van der Waals surface area contributed by atoms with Gasteiger partial charge in [0.1, 0.15) is 6.10 Å². The van der Waals surface area contributed by atoms with Crippen LogP contribution < -0.4 is 10.1 Å². The SMILES string of the molecule is Clc1ccc(OC2CCNCC2)nc1Cl. The van der Waals surface area contributed by atoms with E-state index in [9.17, 15) is 0 Å². The summed E-state index contributed by atoms with van der Waals surface area (Å²) in [7, 11) is 0. The summed E-state index contributed by atoms with van der Waals surface area (Å²) in [6, 6.07) is 3.45. The lowest BCUT2D eigenvalue weighted by Crippen LogP contribution is -2.34. The number of rotatable bonds is 2. The Balaban J connectivity index is 2.00. The van der Waals surface area contributed by atoms with Crippen LogP contribution in [0.3, 0.4) is 0 Å². The lowest BCUT2D eigenvalue weighted by Gasteiger charge is -2.23. The Bertz CT molecular complexity index is 340. The van der Waals surface area contributed by atoms with Gasteiger partial charge in [-0.2, -0.15) is 4.98 Å². The van der Waals surface area contributed by atoms with E-state index in [-0.39, 0.29) is 6.10 Å². The third-order valence-electron chi connectivity index (χ3n) is 2.35. The summed E-state index contributed by atoms with van der Waals surface area (Å²) in [5, 5.41) is 4.02. The number of halogens is 2. The van der Waals surface area contributed by atoms with Gasteiger partial charge < -0.3 is 10.1 Å². The average molecular weight is 247 g/mol. The third kappa shape index (κ3) is 2.97. The van der Waals surface area contributed by atoms with Crippen LogP contribution in [-0.2, 0) is 0 Å². The van der Waals surface area contributed by atoms with Gasteiger partial charge in [0.25, 0.3) is 0 Å². The van der Waals surface area contributed by atoms with E-state index < -0.39 is 0 Å². The molecule has 0 aliphatic carbocycles. The van der Waals surface area contributed by atoms with Crippen molar-refractivity contribution in [2.45, 2.75) is 18.9 Å². The largest absolute Gasteiger partial charge is 0.474 e. The summed E-state index contributed by atoms with van der Waals surface area (Å²) in [5.41, 5.74) is 0. The Morgan fingerprint density at radius 3 is 2.67 bits per heavy atom. The maximum absolute atomic E-state index is 5.80. The maximum Gasteiger partial charge on any atom is 0.215 e. The highest BCUT2D eigenvalue weighted by Gasteiger charge is 2.15. The van der Waals surface area contributed by atoms with Crippen LogP contribution in [0.25, 0.3) is 0 Å². The first-order valence-corrected chi connectivity index (χ1v) is 5.71. The summed E-state index contributed by atoms with van der Waals surface area (Å²) in [6.45, 7) is 1.98. The van der Waals surface area contributed by atoms with Crippen molar-refractivity contribution in [3.05, 3.63) is 22.3 Å². The fourth-order valence-electron chi connectivity index (χ4n) is 1.55. The molecule has 2 rings (SSSR count). The van der Waals surface area contributed by atoms with Crippen LogP contribution in [0.1, 0.15) is 12.8 Å². The Morgan fingerprint density at radius 2 is 2.00 bits per heavy atom. The quantitative estimate of drug-likeness (QED) is 0.815. The topological polar surface area (TPSA) is 34.1 Å². The summed E-state index contributed by atoms with van der Waals surface area (Å²) in [4.78, 5) is 4.06. The minimum atomic E-state index is 0.232. The van der Waals surface area contributed by atoms with Gasteiger partial charge in [0.2, 0.25) is 5.88 Å². The number of pyridine rings is 1. The number of piperidine rings is 1. The normalized spacial score (nSPS) is 17.7. The van der Waals surface area contributed by atoms with Crippen molar-refractivity contribution in [3.63, 3.8) is 0 Å². The van der Waals surface area contributed by atoms with Crippen molar-refractivity contribution < 1.29 is 4.74 Å². The van der Waals surface area contributed by atoms with Crippen molar-refractivity contribution >= 4 is 23.2 Å². The minimum absolute atomic E-state index is 0.232. The van der Waals surface area contributed by atoms with Crippen molar-refractivity contribution in [2.75, 3.05) is 13.1 Å². The Hall–Kier alpha value is -0.510. The van der Waals surface area contributed by atoms with Gasteiger partial charge in [-0.3, -0.25) is 0 Å². The van der Waals surface area contributed by atoms with Crippen LogP contribution in [0.15, 0.2) is 12.1 Å². The standard InChI is InChI=1S/C10H12Cl2N2O/c11-8-1-2-9(14-10(8)12)15-7-3-5-13-6-4-7/h1-2,7,13H,3-6H2. The second-order valence-corrected chi connectivity index (χ2v) is 4.25. The molecule has 82 valence electrons. The highest BCUT2D eigenvalue weighted by molar-refractivity contribution is 6.41. The predicted molar refractivity (Wildman–Crippen MR) is 60.8 cm³/mol. The van der Waals surface area contributed by atoms with Gasteiger partial charge in [-0.25, -0.2) is 0 Å². The molecular weight excluding hydrogens is 235 g/mol. The van der Waals surface area contributed by atoms with E-state index in [1.807, 2.05) is 0 Å². The number of nitrogens with zero attached hydrogens (tertiary/aromatic N) is 1. The molecule has 3 nitrogen and oxygen atoms in total. The van der Waals surface area contributed by atoms with E-state index in [0.717, 1.165) is 25.9 Å². The predicted octanol–water partition coefficient (Wildman–Crippen LogP) is 2.52. The minimum Gasteiger partial charge on any atom is -0.474 e. The molecule has 2 heterocycles. The van der Waals surface area contributed by atoms with Gasteiger partial charge in [-0.1, -0.05) is 23.2 Å². The second-order valence-electron chi connectivity index (χ2n) is 3.49. The molecule has 1 saturated heterocycles. The van der Waals surface area contributed by atoms with E-state index in [1.165, 1.54) is 0 Å². The van der Waals surface area contributed by atoms with Crippen molar-refractivity contribution in [1.82, 2.24) is 10.3 Å². The van der Waals surface area contributed by atoms with Gasteiger partial charge in [0.15, 0.2) is 5.15 Å². The fourth-order valence-corrected chi connectivity index (χ4v) is 1.80. The summed E-state index contributed by atoms with van der Waals surface area (Å²) >= 11 is 11.6. The van der Waals surface area contributed by atoms with Crippen LogP contribution >= 0.6 is 23.2 Å². The van der Waals surface area contributed by atoms with Crippen LogP contribution in [0, 0.1) is 0 Å². The first-order valence-electron chi connectivity index (χ1n) is 4.95. The van der Waals surface area contributed by atoms with Crippen molar-refractivity contribution in [1.29, 1.82) is 0 Å². The molecule has 0 radical (unpaired) electrons. The molecule has 1 aliphatic rings. The number of aromatic nitrogens is 1. The maximum atomic E-state index is 5.80. The third-order valence-corrected chi connectivity index (χ3v) is 3.04. The van der Waals surface area contributed by atoms with E-state index in [1.54, 1.807) is 12.1 Å². The number of nitrogens with one attached hydrogen (secondary N) is 1. The van der Waals surface area contributed by atoms with E-state index >= 15 is 0 Å². The monoisotopic (exact) mass is 246 g/mol. The molecule has 1 aromatic rings. The second kappa shape index (κ2) is 5.01. The van der Waals surface area contributed by atoms with Gasteiger partial charge in [-0.05, 0) is 32.0 Å². The zero-order valence-electron chi connectivity index (χ0n) is 8.17. The van der Waals surface area contributed by atoms with Gasteiger partial charge in [-0.15, -0.1) is 0 Å². The lowest BCUT2D eigenvalue weighted by atomic mass is 10.1. The van der Waals surface area contributed by atoms with Crippen LogP contribution in [-0.4, -0.2) is 24.2 Å². The summed E-state index contributed by atoms with van der Waals surface area (Å²) in [6.07, 6.45) is 2.24. The molecule has 1 N–H and O–H groups in total. The Labute approximate surface area is 98.7 Å². The molecule has 1 aliphatic heterocycles. The summed E-state index contributed by atoms with van der Waals surface area (Å²) < 4.78 is 5.70. The van der Waals surface area contributed by atoms with Gasteiger partial charge in [0, 0.05) is 6.07 Å².